The van der Waals surface area contributed by atoms with Crippen LogP contribution in [0, 0.1) is 12.7 Å². The van der Waals surface area contributed by atoms with Crippen LogP contribution in [0.15, 0.2) is 79.1 Å². The molecule has 0 unspecified atom stereocenters. The first kappa shape index (κ1) is 22.0. The molecule has 0 bridgehead atoms. The number of halogens is 1. The normalized spacial score (nSPS) is 15.6. The number of hydrogen-bond donors (Lipinski definition) is 0. The molecule has 1 fully saturated rings. The van der Waals surface area contributed by atoms with Gasteiger partial charge in [-0.1, -0.05) is 30.3 Å². The second-order valence-corrected chi connectivity index (χ2v) is 8.82. The molecule has 0 N–H and O–H groups in total. The number of likely N-dealkylation sites (tertiary alicyclic amines) is 1. The van der Waals surface area contributed by atoms with Crippen LogP contribution in [0.1, 0.15) is 57.6 Å². The van der Waals surface area contributed by atoms with Crippen LogP contribution in [0.5, 0.6) is 0 Å². The van der Waals surface area contributed by atoms with Crippen LogP contribution in [-0.2, 0) is 13.0 Å². The fourth-order valence-electron chi connectivity index (χ4n) is 4.69. The summed E-state index contributed by atoms with van der Waals surface area (Å²) in [5, 5.41) is 0. The highest BCUT2D eigenvalue weighted by Crippen LogP contribution is 2.32. The third-order valence-corrected chi connectivity index (χ3v) is 6.41. The fraction of sp³-hybridized carbons (Fsp3) is 0.250. The molecule has 34 heavy (non-hydrogen) atoms. The summed E-state index contributed by atoms with van der Waals surface area (Å²) in [6, 6.07) is 20.3. The van der Waals surface area contributed by atoms with Crippen molar-refractivity contribution in [2.24, 2.45) is 0 Å². The van der Waals surface area contributed by atoms with Crippen LogP contribution < -0.4 is 0 Å². The number of carbonyl (C=O) groups excluding carboxylic acids is 1. The largest absolute Gasteiger partial charge is 0.331 e. The zero-order valence-corrected chi connectivity index (χ0v) is 19.2. The number of nitrogens with zero attached hydrogens (tertiary/aromatic N) is 4. The van der Waals surface area contributed by atoms with Gasteiger partial charge in [0.25, 0.3) is 5.91 Å². The SMILES string of the molecule is Cc1nccn1Cc1cccc(C(=O)N2CCC[C@@H]2c2cccc(Cc3cccc(F)c3)n2)c1. The van der Waals surface area contributed by atoms with Crippen molar-refractivity contribution < 1.29 is 9.18 Å². The van der Waals surface area contributed by atoms with E-state index in [0.29, 0.717) is 25.1 Å². The van der Waals surface area contributed by atoms with Gasteiger partial charge in [0.2, 0.25) is 0 Å². The van der Waals surface area contributed by atoms with Gasteiger partial charge in [0.15, 0.2) is 0 Å². The summed E-state index contributed by atoms with van der Waals surface area (Å²) in [7, 11) is 0. The summed E-state index contributed by atoms with van der Waals surface area (Å²) in [5.41, 5.74) is 4.41. The number of rotatable bonds is 6. The van der Waals surface area contributed by atoms with E-state index in [1.165, 1.54) is 12.1 Å². The van der Waals surface area contributed by atoms with Gasteiger partial charge in [0.05, 0.1) is 11.7 Å². The smallest absolute Gasteiger partial charge is 0.254 e. The van der Waals surface area contributed by atoms with Crippen LogP contribution in [0.3, 0.4) is 0 Å². The fourth-order valence-corrected chi connectivity index (χ4v) is 4.69. The third-order valence-electron chi connectivity index (χ3n) is 6.41. The molecule has 1 saturated heterocycles. The molecule has 0 saturated carbocycles. The van der Waals surface area contributed by atoms with Gasteiger partial charge >= 0.3 is 0 Å². The molecule has 6 heteroatoms. The summed E-state index contributed by atoms with van der Waals surface area (Å²) in [6.07, 6.45) is 6.12. The zero-order valence-electron chi connectivity index (χ0n) is 19.2. The number of aryl methyl sites for hydroxylation is 1. The minimum atomic E-state index is -0.244. The van der Waals surface area contributed by atoms with Crippen molar-refractivity contribution in [1.82, 2.24) is 19.4 Å². The van der Waals surface area contributed by atoms with Crippen molar-refractivity contribution >= 4 is 5.91 Å². The van der Waals surface area contributed by atoms with Gasteiger partial charge in [0, 0.05) is 43.2 Å². The predicted molar refractivity (Wildman–Crippen MR) is 129 cm³/mol. The van der Waals surface area contributed by atoms with Crippen LogP contribution in [-0.4, -0.2) is 31.9 Å². The molecule has 2 aromatic heterocycles. The maximum atomic E-state index is 13.6. The van der Waals surface area contributed by atoms with Crippen molar-refractivity contribution in [3.63, 3.8) is 0 Å². The Morgan fingerprint density at radius 2 is 1.88 bits per heavy atom. The molecule has 0 radical (unpaired) electrons. The molecular formula is C28H27FN4O. The van der Waals surface area contributed by atoms with Crippen LogP contribution >= 0.6 is 0 Å². The quantitative estimate of drug-likeness (QED) is 0.395. The maximum absolute atomic E-state index is 13.6. The average molecular weight is 455 g/mol. The maximum Gasteiger partial charge on any atom is 0.254 e. The average Bonchev–Trinajstić information content (AvgIpc) is 3.48. The molecule has 3 heterocycles. The zero-order chi connectivity index (χ0) is 23.5. The first-order valence-electron chi connectivity index (χ1n) is 11.6. The molecule has 5 nitrogen and oxygen atoms in total. The molecule has 0 aliphatic carbocycles. The van der Waals surface area contributed by atoms with Crippen LogP contribution in [0.2, 0.25) is 0 Å². The van der Waals surface area contributed by atoms with Gasteiger partial charge in [-0.15, -0.1) is 0 Å². The van der Waals surface area contributed by atoms with Crippen molar-refractivity contribution in [2.75, 3.05) is 6.54 Å². The van der Waals surface area contributed by atoms with Gasteiger partial charge < -0.3 is 9.47 Å². The molecule has 1 aliphatic heterocycles. The Kier molecular flexibility index (Phi) is 6.21. The Morgan fingerprint density at radius 1 is 1.06 bits per heavy atom. The monoisotopic (exact) mass is 454 g/mol. The van der Waals surface area contributed by atoms with Crippen LogP contribution in [0.4, 0.5) is 4.39 Å². The lowest BCUT2D eigenvalue weighted by Gasteiger charge is -2.25. The highest BCUT2D eigenvalue weighted by atomic mass is 19.1. The van der Waals surface area contributed by atoms with E-state index in [1.54, 1.807) is 12.3 Å². The standard InChI is InChI=1S/C28H27FN4O/c1-20-30-13-15-32(20)19-22-7-2-8-23(16-22)28(34)33-14-5-12-27(33)26-11-4-10-25(31-26)18-21-6-3-9-24(29)17-21/h2-4,6-11,13,15-17,27H,5,12,14,18-19H2,1H3/t27-/m1/s1. The van der Waals surface area contributed by atoms with E-state index >= 15 is 0 Å². The number of aromatic nitrogens is 3. The number of pyridine rings is 1. The summed E-state index contributed by atoms with van der Waals surface area (Å²) < 4.78 is 15.6. The van der Waals surface area contributed by atoms with E-state index in [1.807, 2.05) is 66.6 Å². The Labute approximate surface area is 198 Å². The minimum absolute atomic E-state index is 0.0315. The Hall–Kier alpha value is -3.80. The third kappa shape index (κ3) is 4.76. The highest BCUT2D eigenvalue weighted by molar-refractivity contribution is 5.94. The van der Waals surface area contributed by atoms with Crippen molar-refractivity contribution in [1.29, 1.82) is 0 Å². The number of hydrogen-bond acceptors (Lipinski definition) is 3. The van der Waals surface area contributed by atoms with Crippen LogP contribution in [0.25, 0.3) is 0 Å². The summed E-state index contributed by atoms with van der Waals surface area (Å²) >= 11 is 0. The summed E-state index contributed by atoms with van der Waals surface area (Å²) in [4.78, 5) is 24.6. The van der Waals surface area contributed by atoms with Crippen molar-refractivity contribution in [2.45, 2.75) is 38.8 Å². The lowest BCUT2D eigenvalue weighted by atomic mass is 10.1. The molecule has 1 atom stereocenters. The van der Waals surface area contributed by atoms with Gasteiger partial charge in [-0.25, -0.2) is 9.37 Å². The van der Waals surface area contributed by atoms with Gasteiger partial charge in [-0.2, -0.15) is 0 Å². The second-order valence-electron chi connectivity index (χ2n) is 8.82. The summed E-state index contributed by atoms with van der Waals surface area (Å²) in [5.74, 6) is 0.733. The highest BCUT2D eigenvalue weighted by Gasteiger charge is 2.31. The molecule has 1 amide bonds. The molecule has 5 rings (SSSR count). The second kappa shape index (κ2) is 9.59. The number of carbonyl (C=O) groups is 1. The molecule has 172 valence electrons. The van der Waals surface area contributed by atoms with E-state index in [4.69, 9.17) is 4.98 Å². The van der Waals surface area contributed by atoms with E-state index in [9.17, 15) is 9.18 Å². The minimum Gasteiger partial charge on any atom is -0.331 e. The van der Waals surface area contributed by atoms with Gasteiger partial charge in [0.1, 0.15) is 11.6 Å². The number of imidazole rings is 1. The summed E-state index contributed by atoms with van der Waals surface area (Å²) in [6.45, 7) is 3.36. The van der Waals surface area contributed by atoms with E-state index in [0.717, 1.165) is 41.2 Å². The number of amides is 1. The Balaban J connectivity index is 1.34. The number of benzene rings is 2. The Bertz CT molecular complexity index is 1320. The van der Waals surface area contributed by atoms with E-state index in [2.05, 4.69) is 9.55 Å². The first-order chi connectivity index (χ1) is 16.6. The van der Waals surface area contributed by atoms with E-state index in [-0.39, 0.29) is 17.8 Å². The molecular weight excluding hydrogens is 427 g/mol. The first-order valence-corrected chi connectivity index (χ1v) is 11.6. The molecule has 1 aliphatic rings. The van der Waals surface area contributed by atoms with Crippen molar-refractivity contribution in [3.05, 3.63) is 119 Å². The van der Waals surface area contributed by atoms with Gasteiger partial charge in [-0.05, 0) is 67.3 Å². The Morgan fingerprint density at radius 3 is 2.71 bits per heavy atom. The lowest BCUT2D eigenvalue weighted by Crippen LogP contribution is -2.31. The van der Waals surface area contributed by atoms with Crippen molar-refractivity contribution in [3.8, 4) is 0 Å². The predicted octanol–water partition coefficient (Wildman–Crippen LogP) is 5.34. The lowest BCUT2D eigenvalue weighted by molar-refractivity contribution is 0.0732. The van der Waals surface area contributed by atoms with Gasteiger partial charge in [-0.3, -0.25) is 9.78 Å². The molecule has 0 spiro atoms. The topological polar surface area (TPSA) is 51.0 Å². The van der Waals surface area contributed by atoms with E-state index < -0.39 is 0 Å². The molecule has 2 aromatic carbocycles. The molecule has 4 aromatic rings.